The van der Waals surface area contributed by atoms with Gasteiger partial charge in [0.15, 0.2) is 0 Å². The minimum atomic E-state index is -0.425. The minimum Gasteiger partial charge on any atom is -0.352 e. The van der Waals surface area contributed by atoms with Gasteiger partial charge in [-0.3, -0.25) is 9.59 Å². The van der Waals surface area contributed by atoms with Gasteiger partial charge in [-0.1, -0.05) is 25.0 Å². The zero-order valence-corrected chi connectivity index (χ0v) is 15.2. The molecule has 0 radical (unpaired) electrons. The molecule has 1 saturated carbocycles. The highest BCUT2D eigenvalue weighted by Crippen LogP contribution is 2.31. The lowest BCUT2D eigenvalue weighted by atomic mass is 9.74. The third kappa shape index (κ3) is 5.21. The normalized spacial score (nSPS) is 23.0. The van der Waals surface area contributed by atoms with Gasteiger partial charge < -0.3 is 16.4 Å². The molecule has 0 aliphatic heterocycles. The fraction of sp³-hybridized carbons (Fsp3) is 0.556. The Morgan fingerprint density at radius 3 is 2.71 bits per heavy atom. The van der Waals surface area contributed by atoms with E-state index >= 15 is 0 Å². The van der Waals surface area contributed by atoms with Gasteiger partial charge in [-0.15, -0.1) is 12.4 Å². The molecule has 1 aromatic rings. The van der Waals surface area contributed by atoms with Crippen LogP contribution in [-0.4, -0.2) is 23.9 Å². The van der Waals surface area contributed by atoms with E-state index in [-0.39, 0.29) is 30.1 Å². The summed E-state index contributed by atoms with van der Waals surface area (Å²) in [6.07, 6.45) is 3.87. The summed E-state index contributed by atoms with van der Waals surface area (Å²) in [6, 6.07) is 7.33. The van der Waals surface area contributed by atoms with Gasteiger partial charge in [0.25, 0.3) is 5.91 Å². The van der Waals surface area contributed by atoms with Gasteiger partial charge in [0.2, 0.25) is 5.91 Å². The zero-order chi connectivity index (χ0) is 16.9. The molecule has 2 atom stereocenters. The van der Waals surface area contributed by atoms with Crippen LogP contribution >= 0.6 is 12.4 Å². The topological polar surface area (TPSA) is 84.2 Å². The molecule has 2 rings (SSSR count). The molecular formula is C18H28ClN3O2. The standard InChI is InChI=1S/C18H27N3O2.ClH/c1-3-20-16(22)14-8-6-7-13(11-14)12-21-17(23)15-9-4-5-10-18(15,2)19;/h6-8,11,15H,3-5,9-10,12,19H2,1-2H3,(H,20,22)(H,21,23);1H. The first-order valence-corrected chi connectivity index (χ1v) is 8.38. The minimum absolute atomic E-state index is 0. The number of nitrogens with one attached hydrogen (secondary N) is 2. The molecule has 0 bridgehead atoms. The van der Waals surface area contributed by atoms with Crippen LogP contribution in [0.2, 0.25) is 0 Å². The van der Waals surface area contributed by atoms with E-state index in [1.165, 1.54) is 0 Å². The van der Waals surface area contributed by atoms with E-state index in [1.54, 1.807) is 6.07 Å². The van der Waals surface area contributed by atoms with Crippen LogP contribution in [0.4, 0.5) is 0 Å². The molecule has 6 heteroatoms. The molecule has 4 N–H and O–H groups in total. The number of amides is 2. The van der Waals surface area contributed by atoms with Gasteiger partial charge in [-0.2, -0.15) is 0 Å². The van der Waals surface area contributed by atoms with Crippen molar-refractivity contribution in [2.75, 3.05) is 6.54 Å². The van der Waals surface area contributed by atoms with Crippen molar-refractivity contribution in [3.8, 4) is 0 Å². The molecule has 1 aliphatic carbocycles. The van der Waals surface area contributed by atoms with Crippen LogP contribution in [0, 0.1) is 5.92 Å². The first-order valence-electron chi connectivity index (χ1n) is 8.38. The third-order valence-electron chi connectivity index (χ3n) is 4.56. The summed E-state index contributed by atoms with van der Waals surface area (Å²) in [7, 11) is 0. The van der Waals surface area contributed by atoms with E-state index in [0.29, 0.717) is 18.7 Å². The Morgan fingerprint density at radius 2 is 2.04 bits per heavy atom. The fourth-order valence-electron chi connectivity index (χ4n) is 3.19. The molecule has 134 valence electrons. The maximum Gasteiger partial charge on any atom is 0.251 e. The maximum absolute atomic E-state index is 12.4. The summed E-state index contributed by atoms with van der Waals surface area (Å²) in [6.45, 7) is 4.86. The maximum atomic E-state index is 12.4. The Kier molecular flexibility index (Phi) is 7.70. The van der Waals surface area contributed by atoms with Crippen LogP contribution in [-0.2, 0) is 11.3 Å². The third-order valence-corrected chi connectivity index (χ3v) is 4.56. The van der Waals surface area contributed by atoms with E-state index in [9.17, 15) is 9.59 Å². The highest BCUT2D eigenvalue weighted by atomic mass is 35.5. The highest BCUT2D eigenvalue weighted by Gasteiger charge is 2.37. The van der Waals surface area contributed by atoms with Crippen LogP contribution in [0.5, 0.6) is 0 Å². The summed E-state index contributed by atoms with van der Waals surface area (Å²) in [5.41, 5.74) is 7.37. The number of carbonyl (C=O) groups is 2. The number of rotatable bonds is 5. The Hall–Kier alpha value is -1.59. The van der Waals surface area contributed by atoms with Gasteiger partial charge in [-0.25, -0.2) is 0 Å². The highest BCUT2D eigenvalue weighted by molar-refractivity contribution is 5.94. The molecule has 0 aromatic heterocycles. The van der Waals surface area contributed by atoms with Crippen molar-refractivity contribution in [1.82, 2.24) is 10.6 Å². The van der Waals surface area contributed by atoms with Gasteiger partial charge in [0.05, 0.1) is 5.92 Å². The molecule has 2 amide bonds. The lowest BCUT2D eigenvalue weighted by molar-refractivity contribution is -0.128. The van der Waals surface area contributed by atoms with Crippen LogP contribution in [0.3, 0.4) is 0 Å². The van der Waals surface area contributed by atoms with Crippen molar-refractivity contribution >= 4 is 24.2 Å². The molecular weight excluding hydrogens is 326 g/mol. The second-order valence-electron chi connectivity index (χ2n) is 6.58. The monoisotopic (exact) mass is 353 g/mol. The van der Waals surface area contributed by atoms with Crippen LogP contribution in [0.25, 0.3) is 0 Å². The number of hydrogen-bond acceptors (Lipinski definition) is 3. The molecule has 0 saturated heterocycles. The second kappa shape index (κ2) is 9.04. The van der Waals surface area contributed by atoms with Crippen LogP contribution < -0.4 is 16.4 Å². The summed E-state index contributed by atoms with van der Waals surface area (Å²) < 4.78 is 0. The fourth-order valence-corrected chi connectivity index (χ4v) is 3.19. The van der Waals surface area contributed by atoms with Crippen molar-refractivity contribution in [2.24, 2.45) is 11.7 Å². The van der Waals surface area contributed by atoms with Crippen LogP contribution in [0.1, 0.15) is 55.5 Å². The van der Waals surface area contributed by atoms with E-state index in [0.717, 1.165) is 31.2 Å². The number of nitrogens with two attached hydrogens (primary N) is 1. The smallest absolute Gasteiger partial charge is 0.251 e. The van der Waals surface area contributed by atoms with Crippen molar-refractivity contribution in [2.45, 2.75) is 51.6 Å². The molecule has 0 heterocycles. The molecule has 1 aliphatic rings. The predicted molar refractivity (Wildman–Crippen MR) is 98.1 cm³/mol. The Labute approximate surface area is 150 Å². The van der Waals surface area contributed by atoms with Gasteiger partial charge in [0, 0.05) is 24.2 Å². The lowest BCUT2D eigenvalue weighted by Crippen LogP contribution is -2.52. The Bertz CT molecular complexity index is 575. The molecule has 24 heavy (non-hydrogen) atoms. The number of halogens is 1. The summed E-state index contributed by atoms with van der Waals surface area (Å²) in [5.74, 6) is -0.219. The van der Waals surface area contributed by atoms with Crippen molar-refractivity contribution < 1.29 is 9.59 Å². The van der Waals surface area contributed by atoms with Gasteiger partial charge >= 0.3 is 0 Å². The van der Waals surface area contributed by atoms with Gasteiger partial charge in [-0.05, 0) is 44.4 Å². The number of carbonyl (C=O) groups excluding carboxylic acids is 2. The van der Waals surface area contributed by atoms with E-state index < -0.39 is 5.54 Å². The molecule has 0 spiro atoms. The van der Waals surface area contributed by atoms with E-state index in [4.69, 9.17) is 5.73 Å². The predicted octanol–water partition coefficient (Wildman–Crippen LogP) is 2.38. The average molecular weight is 354 g/mol. The first kappa shape index (κ1) is 20.5. The largest absolute Gasteiger partial charge is 0.352 e. The van der Waals surface area contributed by atoms with Crippen molar-refractivity contribution in [3.63, 3.8) is 0 Å². The summed E-state index contributed by atoms with van der Waals surface area (Å²) in [4.78, 5) is 24.3. The van der Waals surface area contributed by atoms with Crippen molar-refractivity contribution in [1.29, 1.82) is 0 Å². The first-order chi connectivity index (χ1) is 10.9. The SMILES string of the molecule is CCNC(=O)c1cccc(CNC(=O)C2CCCCC2(C)N)c1.Cl. The molecule has 2 unspecified atom stereocenters. The van der Waals surface area contributed by atoms with E-state index in [1.807, 2.05) is 32.0 Å². The Morgan fingerprint density at radius 1 is 1.29 bits per heavy atom. The van der Waals surface area contributed by atoms with Crippen LogP contribution in [0.15, 0.2) is 24.3 Å². The summed E-state index contributed by atoms with van der Waals surface area (Å²) >= 11 is 0. The Balaban J connectivity index is 0.00000288. The number of hydrogen-bond donors (Lipinski definition) is 3. The van der Waals surface area contributed by atoms with E-state index in [2.05, 4.69) is 10.6 Å². The average Bonchev–Trinajstić information content (AvgIpc) is 2.52. The van der Waals surface area contributed by atoms with Crippen molar-refractivity contribution in [3.05, 3.63) is 35.4 Å². The lowest BCUT2D eigenvalue weighted by Gasteiger charge is -2.37. The van der Waals surface area contributed by atoms with Gasteiger partial charge in [0.1, 0.15) is 0 Å². The second-order valence-corrected chi connectivity index (χ2v) is 6.58. The number of benzene rings is 1. The molecule has 5 nitrogen and oxygen atoms in total. The zero-order valence-electron chi connectivity index (χ0n) is 14.4. The molecule has 1 fully saturated rings. The molecule has 1 aromatic carbocycles. The summed E-state index contributed by atoms with van der Waals surface area (Å²) in [5, 5.41) is 5.75. The quantitative estimate of drug-likeness (QED) is 0.759.